The number of aromatic amines is 1. The van der Waals surface area contributed by atoms with Crippen molar-refractivity contribution in [3.05, 3.63) is 34.9 Å². The lowest BCUT2D eigenvalue weighted by Crippen LogP contribution is -2.27. The molecule has 2 aliphatic rings. The Balaban J connectivity index is 1.56. The highest BCUT2D eigenvalue weighted by Gasteiger charge is 2.43. The maximum atomic E-state index is 13.4. The van der Waals surface area contributed by atoms with Crippen molar-refractivity contribution < 1.29 is 0 Å². The highest BCUT2D eigenvalue weighted by Crippen LogP contribution is 2.52. The van der Waals surface area contributed by atoms with Gasteiger partial charge in [-0.2, -0.15) is 15.3 Å². The molecule has 0 radical (unpaired) electrons. The van der Waals surface area contributed by atoms with E-state index in [-0.39, 0.29) is 17.4 Å². The third-order valence-electron chi connectivity index (χ3n) is 6.44. The molecule has 2 fully saturated rings. The van der Waals surface area contributed by atoms with Crippen LogP contribution < -0.4 is 11.3 Å². The first-order chi connectivity index (χ1) is 14.5. The van der Waals surface area contributed by atoms with Crippen molar-refractivity contribution in [3.63, 3.8) is 0 Å². The molecule has 9 heteroatoms. The zero-order valence-corrected chi connectivity index (χ0v) is 17.0. The first-order valence-electron chi connectivity index (χ1n) is 10.4. The second-order valence-electron chi connectivity index (χ2n) is 8.69. The van der Waals surface area contributed by atoms with Crippen LogP contribution in [0.5, 0.6) is 0 Å². The minimum Gasteiger partial charge on any atom is -0.382 e. The third-order valence-corrected chi connectivity index (χ3v) is 6.44. The first-order valence-corrected chi connectivity index (χ1v) is 10.4. The Kier molecular flexibility index (Phi) is 3.54. The first kappa shape index (κ1) is 17.5. The maximum Gasteiger partial charge on any atom is 0.264 e. The van der Waals surface area contributed by atoms with E-state index in [9.17, 15) is 4.79 Å². The highest BCUT2D eigenvalue weighted by atomic mass is 16.1. The predicted octanol–water partition coefficient (Wildman–Crippen LogP) is 2.47. The van der Waals surface area contributed by atoms with Crippen molar-refractivity contribution in [2.24, 2.45) is 25.9 Å². The fraction of sp³-hybridized carbons (Fsp3) is 0.429. The summed E-state index contributed by atoms with van der Waals surface area (Å²) in [5.74, 6) is 1.42. The van der Waals surface area contributed by atoms with E-state index in [1.54, 1.807) is 4.68 Å². The van der Waals surface area contributed by atoms with Gasteiger partial charge < -0.3 is 10.3 Å². The van der Waals surface area contributed by atoms with E-state index in [4.69, 9.17) is 10.8 Å². The Hall–Kier alpha value is -3.36. The van der Waals surface area contributed by atoms with Gasteiger partial charge in [-0.1, -0.05) is 0 Å². The normalized spacial score (nSPS) is 16.8. The van der Waals surface area contributed by atoms with Crippen LogP contribution in [0.1, 0.15) is 31.7 Å². The average Bonchev–Trinajstić information content (AvgIpc) is 3.62. The molecule has 0 aliphatic heterocycles. The molecule has 4 aromatic heterocycles. The smallest absolute Gasteiger partial charge is 0.264 e. The molecule has 3 N–H and O–H groups in total. The number of nitrogens with zero attached hydrogens (tertiary/aromatic N) is 6. The number of aromatic nitrogens is 7. The lowest BCUT2D eigenvalue weighted by molar-refractivity contribution is 0.386. The molecule has 0 atom stereocenters. The fourth-order valence-corrected chi connectivity index (χ4v) is 4.68. The molecule has 154 valence electrons. The van der Waals surface area contributed by atoms with Crippen molar-refractivity contribution in [1.29, 1.82) is 0 Å². The third kappa shape index (κ3) is 2.61. The Morgan fingerprint density at radius 1 is 1.13 bits per heavy atom. The zero-order valence-electron chi connectivity index (χ0n) is 17.0. The van der Waals surface area contributed by atoms with Gasteiger partial charge in [0, 0.05) is 38.1 Å². The summed E-state index contributed by atoms with van der Waals surface area (Å²) in [5.41, 5.74) is 10.1. The van der Waals surface area contributed by atoms with Gasteiger partial charge in [-0.05, 0) is 49.7 Å². The van der Waals surface area contributed by atoms with Gasteiger partial charge in [0.05, 0.1) is 16.9 Å². The predicted molar refractivity (Wildman–Crippen MR) is 114 cm³/mol. The Bertz CT molecular complexity index is 1320. The van der Waals surface area contributed by atoms with Gasteiger partial charge in [0.1, 0.15) is 11.1 Å². The topological polar surface area (TPSA) is 112 Å². The van der Waals surface area contributed by atoms with Crippen LogP contribution >= 0.6 is 0 Å². The number of hydrogen-bond donors (Lipinski definition) is 2. The number of pyridine rings is 1. The van der Waals surface area contributed by atoms with Crippen LogP contribution in [0.4, 0.5) is 5.82 Å². The Labute approximate surface area is 172 Å². The number of H-pyrrole nitrogens is 1. The molecular formula is C21H24N8O. The maximum absolute atomic E-state index is 13.4. The number of aryl methyl sites for hydroxylation is 2. The molecule has 0 unspecified atom stereocenters. The molecule has 0 aromatic carbocycles. The summed E-state index contributed by atoms with van der Waals surface area (Å²) in [5, 5.41) is 16.8. The number of hydrogen-bond acceptors (Lipinski definition) is 5. The van der Waals surface area contributed by atoms with Crippen LogP contribution in [-0.4, -0.2) is 34.3 Å². The van der Waals surface area contributed by atoms with Crippen LogP contribution in [0.15, 0.2) is 29.3 Å². The summed E-state index contributed by atoms with van der Waals surface area (Å²) in [6, 6.07) is 4.21. The van der Waals surface area contributed by atoms with Crippen molar-refractivity contribution in [2.75, 3.05) is 5.73 Å². The summed E-state index contributed by atoms with van der Waals surface area (Å²) in [6.45, 7) is 0. The van der Waals surface area contributed by atoms with Gasteiger partial charge >= 0.3 is 0 Å². The number of rotatable bonds is 5. The van der Waals surface area contributed by atoms with E-state index < -0.39 is 0 Å². The van der Waals surface area contributed by atoms with Gasteiger partial charge in [0.15, 0.2) is 5.82 Å². The number of nitrogens with two attached hydrogens (primary N) is 1. The summed E-state index contributed by atoms with van der Waals surface area (Å²) in [7, 11) is 3.79. The largest absolute Gasteiger partial charge is 0.382 e. The van der Waals surface area contributed by atoms with Gasteiger partial charge in [0.25, 0.3) is 5.56 Å². The number of anilines is 1. The van der Waals surface area contributed by atoms with E-state index >= 15 is 0 Å². The second kappa shape index (κ2) is 6.07. The molecule has 2 aliphatic carbocycles. The van der Waals surface area contributed by atoms with Gasteiger partial charge in [-0.3, -0.25) is 19.3 Å². The lowest BCUT2D eigenvalue weighted by atomic mass is 10.0. The standard InChI is InChI=1S/C21H24N8O/c1-27-8-7-14(25-27)16-9-15(26-28(16)2)13-10-29(19(11-3-4-11)12-5-6-12)21(30)17-18(13)23-24-20(17)22/h7-12,19H,3-6H2,1-2H3,(H3,22,23,24). The SMILES string of the molecule is Cn1ccc(-c2cc(-c3cn(C(C4CC4)C4CC4)c(=O)c4c(N)n[nH]c34)nn2C)n1. The minimum atomic E-state index is -0.0512. The molecule has 2 saturated carbocycles. The number of nitrogen functional groups attached to an aromatic ring is 1. The Morgan fingerprint density at radius 2 is 1.87 bits per heavy atom. The van der Waals surface area contributed by atoms with Gasteiger partial charge in [-0.25, -0.2) is 0 Å². The molecule has 4 heterocycles. The van der Waals surface area contributed by atoms with E-state index in [0.717, 1.165) is 22.6 Å². The quantitative estimate of drug-likeness (QED) is 0.531. The van der Waals surface area contributed by atoms with Crippen molar-refractivity contribution in [2.45, 2.75) is 31.7 Å². The number of fused-ring (bicyclic) bond motifs is 1. The van der Waals surface area contributed by atoms with Crippen LogP contribution in [0.2, 0.25) is 0 Å². The highest BCUT2D eigenvalue weighted by molar-refractivity contribution is 5.97. The molecule has 6 rings (SSSR count). The monoisotopic (exact) mass is 404 g/mol. The molecule has 4 aromatic rings. The van der Waals surface area contributed by atoms with Gasteiger partial charge in [0.2, 0.25) is 0 Å². The Morgan fingerprint density at radius 3 is 2.50 bits per heavy atom. The second-order valence-corrected chi connectivity index (χ2v) is 8.69. The van der Waals surface area contributed by atoms with Crippen LogP contribution in [0.25, 0.3) is 33.5 Å². The van der Waals surface area contributed by atoms with Crippen LogP contribution in [-0.2, 0) is 14.1 Å². The summed E-state index contributed by atoms with van der Waals surface area (Å²) in [4.78, 5) is 13.4. The van der Waals surface area contributed by atoms with Crippen molar-refractivity contribution >= 4 is 16.7 Å². The molecule has 0 spiro atoms. The fourth-order valence-electron chi connectivity index (χ4n) is 4.68. The van der Waals surface area contributed by atoms with Crippen molar-refractivity contribution in [1.82, 2.24) is 34.3 Å². The summed E-state index contributed by atoms with van der Waals surface area (Å²) in [6.07, 6.45) is 8.63. The van der Waals surface area contributed by atoms with E-state index in [2.05, 4.69) is 15.3 Å². The lowest BCUT2D eigenvalue weighted by Gasteiger charge is -2.20. The number of nitrogens with one attached hydrogen (secondary N) is 1. The molecule has 30 heavy (non-hydrogen) atoms. The molecule has 0 bridgehead atoms. The van der Waals surface area contributed by atoms with Crippen molar-refractivity contribution in [3.8, 4) is 22.6 Å². The summed E-state index contributed by atoms with van der Waals surface area (Å²) < 4.78 is 5.51. The minimum absolute atomic E-state index is 0.0512. The molecule has 0 amide bonds. The van der Waals surface area contributed by atoms with E-state index in [1.807, 2.05) is 47.9 Å². The summed E-state index contributed by atoms with van der Waals surface area (Å²) >= 11 is 0. The van der Waals surface area contributed by atoms with Crippen LogP contribution in [0, 0.1) is 11.8 Å². The van der Waals surface area contributed by atoms with Crippen LogP contribution in [0.3, 0.4) is 0 Å². The van der Waals surface area contributed by atoms with E-state index in [0.29, 0.717) is 22.7 Å². The molecule has 9 nitrogen and oxygen atoms in total. The van der Waals surface area contributed by atoms with Gasteiger partial charge in [-0.15, -0.1) is 0 Å². The zero-order chi connectivity index (χ0) is 20.6. The molecule has 0 saturated heterocycles. The average molecular weight is 404 g/mol. The molecular weight excluding hydrogens is 380 g/mol. The van der Waals surface area contributed by atoms with E-state index in [1.165, 1.54) is 25.7 Å².